The van der Waals surface area contributed by atoms with Crippen LogP contribution >= 0.6 is 0 Å². The largest absolute Gasteiger partial charge is 0.354 e. The lowest BCUT2D eigenvalue weighted by molar-refractivity contribution is -0.134. The molecule has 9 heteroatoms. The molecule has 1 unspecified atom stereocenters. The molecule has 0 radical (unpaired) electrons. The number of anilines is 2. The number of imide groups is 1. The number of para-hydroxylation sites is 2. The number of aryl methyl sites for hydroxylation is 1. The average Bonchev–Trinajstić information content (AvgIpc) is 3.56. The highest BCUT2D eigenvalue weighted by atomic mass is 16.2. The van der Waals surface area contributed by atoms with Gasteiger partial charge in [0.2, 0.25) is 5.91 Å². The van der Waals surface area contributed by atoms with Gasteiger partial charge in [-0.15, -0.1) is 0 Å². The molecule has 0 saturated carbocycles. The number of aromatic nitrogens is 2. The zero-order valence-corrected chi connectivity index (χ0v) is 18.6. The van der Waals surface area contributed by atoms with Gasteiger partial charge in [-0.2, -0.15) is 0 Å². The first-order valence-electron chi connectivity index (χ1n) is 11.6. The molecule has 1 aromatic heterocycles. The lowest BCUT2D eigenvalue weighted by Gasteiger charge is -2.22. The molecule has 0 bridgehead atoms. The molecule has 2 aromatic carbocycles. The summed E-state index contributed by atoms with van der Waals surface area (Å²) >= 11 is 0. The van der Waals surface area contributed by atoms with Crippen LogP contribution in [0.3, 0.4) is 0 Å². The molecule has 6 rings (SSSR count). The highest BCUT2D eigenvalue weighted by molar-refractivity contribution is 6.11. The van der Waals surface area contributed by atoms with Crippen molar-refractivity contribution in [1.29, 1.82) is 0 Å². The van der Waals surface area contributed by atoms with Crippen molar-refractivity contribution in [3.63, 3.8) is 0 Å². The second kappa shape index (κ2) is 7.79. The zero-order valence-electron chi connectivity index (χ0n) is 18.6. The predicted molar refractivity (Wildman–Crippen MR) is 126 cm³/mol. The quantitative estimate of drug-likeness (QED) is 0.585. The van der Waals surface area contributed by atoms with E-state index in [0.717, 1.165) is 47.5 Å². The molecular formula is C25H24N6O3. The highest BCUT2D eigenvalue weighted by Gasteiger charge is 2.55. The zero-order chi connectivity index (χ0) is 23.3. The van der Waals surface area contributed by atoms with Gasteiger partial charge in [0.25, 0.3) is 5.91 Å². The molecule has 1 spiro atoms. The normalized spacial score (nSPS) is 21.4. The fourth-order valence-corrected chi connectivity index (χ4v) is 5.27. The van der Waals surface area contributed by atoms with Crippen molar-refractivity contribution in [3.8, 4) is 0 Å². The number of nitrogens with one attached hydrogen (secondary N) is 2. The number of carbonyl (C=O) groups excluding carboxylic acids is 3. The van der Waals surface area contributed by atoms with Gasteiger partial charge in [0, 0.05) is 13.1 Å². The average molecular weight is 457 g/mol. The Hall–Kier alpha value is -4.01. The van der Waals surface area contributed by atoms with Crippen molar-refractivity contribution in [2.75, 3.05) is 29.9 Å². The molecule has 9 nitrogen and oxygen atoms in total. The molecule has 2 saturated heterocycles. The summed E-state index contributed by atoms with van der Waals surface area (Å²) in [6, 6.07) is 14.6. The third kappa shape index (κ3) is 3.19. The van der Waals surface area contributed by atoms with E-state index in [1.807, 2.05) is 48.5 Å². The van der Waals surface area contributed by atoms with Gasteiger partial charge in [-0.05, 0) is 48.9 Å². The number of nitrogens with zero attached hydrogens (tertiary/aromatic N) is 4. The van der Waals surface area contributed by atoms with E-state index < -0.39 is 17.5 Å². The number of benzene rings is 2. The maximum Gasteiger partial charge on any atom is 0.325 e. The highest BCUT2D eigenvalue weighted by Crippen LogP contribution is 2.41. The summed E-state index contributed by atoms with van der Waals surface area (Å²) in [4.78, 5) is 51.7. The standard InChI is InChI=1S/C25H24N6O3/c32-20(15-31-23(33)25(29-24(31)34)12-11-16-7-1-2-8-17(16)25)28-21-22(30-13-5-6-14-30)27-19-10-4-3-9-18(19)26-21/h1-4,7-10H,5-6,11-15H2,(H,29,34)(H,26,28,32). The minimum Gasteiger partial charge on any atom is -0.354 e. The van der Waals surface area contributed by atoms with E-state index in [-0.39, 0.29) is 12.5 Å². The fraction of sp³-hybridized carbons (Fsp3) is 0.320. The molecule has 3 aliphatic rings. The van der Waals surface area contributed by atoms with Crippen LogP contribution in [0.4, 0.5) is 16.4 Å². The van der Waals surface area contributed by atoms with Gasteiger partial charge in [-0.1, -0.05) is 36.4 Å². The molecule has 4 amide bonds. The van der Waals surface area contributed by atoms with Crippen molar-refractivity contribution in [2.24, 2.45) is 0 Å². The first-order chi connectivity index (χ1) is 16.5. The van der Waals surface area contributed by atoms with Crippen LogP contribution in [-0.2, 0) is 21.5 Å². The number of fused-ring (bicyclic) bond motifs is 3. The minimum atomic E-state index is -1.09. The Morgan fingerprint density at radius 3 is 2.50 bits per heavy atom. The monoisotopic (exact) mass is 456 g/mol. The maximum absolute atomic E-state index is 13.4. The lowest BCUT2D eigenvalue weighted by atomic mass is 9.92. The Balaban J connectivity index is 1.26. The Morgan fingerprint density at radius 2 is 1.71 bits per heavy atom. The van der Waals surface area contributed by atoms with Crippen LogP contribution in [0.15, 0.2) is 48.5 Å². The van der Waals surface area contributed by atoms with Gasteiger partial charge >= 0.3 is 6.03 Å². The summed E-state index contributed by atoms with van der Waals surface area (Å²) in [6.45, 7) is 1.29. The third-order valence-electron chi connectivity index (χ3n) is 6.94. The molecule has 1 atom stereocenters. The first-order valence-corrected chi connectivity index (χ1v) is 11.6. The molecule has 2 fully saturated rings. The van der Waals surface area contributed by atoms with E-state index >= 15 is 0 Å². The molecule has 1 aliphatic carbocycles. The van der Waals surface area contributed by atoms with Gasteiger partial charge in [0.1, 0.15) is 12.1 Å². The number of amides is 4. The summed E-state index contributed by atoms with van der Waals surface area (Å²) in [6.07, 6.45) is 3.29. The first kappa shape index (κ1) is 20.6. The molecular weight excluding hydrogens is 432 g/mol. The Kier molecular flexibility index (Phi) is 4.72. The molecule has 2 aliphatic heterocycles. The minimum absolute atomic E-state index is 0.346. The summed E-state index contributed by atoms with van der Waals surface area (Å²) in [5, 5.41) is 5.67. The Bertz CT molecular complexity index is 1340. The van der Waals surface area contributed by atoms with Crippen LogP contribution in [0.5, 0.6) is 0 Å². The lowest BCUT2D eigenvalue weighted by Crippen LogP contribution is -2.43. The Labute approximate surface area is 196 Å². The summed E-state index contributed by atoms with van der Waals surface area (Å²) in [7, 11) is 0. The van der Waals surface area contributed by atoms with Crippen molar-refractivity contribution >= 4 is 40.5 Å². The fourth-order valence-electron chi connectivity index (χ4n) is 5.27. The van der Waals surface area contributed by atoms with Crippen LogP contribution in [0.1, 0.15) is 30.4 Å². The summed E-state index contributed by atoms with van der Waals surface area (Å²) < 4.78 is 0. The molecule has 172 valence electrons. The maximum atomic E-state index is 13.4. The van der Waals surface area contributed by atoms with E-state index in [2.05, 4.69) is 20.5 Å². The number of carbonyl (C=O) groups is 3. The van der Waals surface area contributed by atoms with Crippen LogP contribution < -0.4 is 15.5 Å². The predicted octanol–water partition coefficient (Wildman–Crippen LogP) is 2.56. The molecule has 3 aromatic rings. The van der Waals surface area contributed by atoms with E-state index in [0.29, 0.717) is 30.0 Å². The van der Waals surface area contributed by atoms with E-state index in [1.165, 1.54) is 0 Å². The van der Waals surface area contributed by atoms with Crippen molar-refractivity contribution < 1.29 is 14.4 Å². The summed E-state index contributed by atoms with van der Waals surface area (Å²) in [5.74, 6) is 0.0837. The van der Waals surface area contributed by atoms with Crippen LogP contribution in [0.2, 0.25) is 0 Å². The smallest absolute Gasteiger partial charge is 0.325 e. The Morgan fingerprint density at radius 1 is 1.00 bits per heavy atom. The van der Waals surface area contributed by atoms with Crippen LogP contribution in [0, 0.1) is 0 Å². The van der Waals surface area contributed by atoms with Gasteiger partial charge in [-0.25, -0.2) is 14.8 Å². The van der Waals surface area contributed by atoms with Crippen molar-refractivity contribution in [3.05, 3.63) is 59.7 Å². The molecule has 34 heavy (non-hydrogen) atoms. The molecule has 3 heterocycles. The summed E-state index contributed by atoms with van der Waals surface area (Å²) in [5.41, 5.74) is 2.19. The van der Waals surface area contributed by atoms with Crippen molar-refractivity contribution in [2.45, 2.75) is 31.2 Å². The third-order valence-corrected chi connectivity index (χ3v) is 6.94. The number of hydrogen-bond acceptors (Lipinski definition) is 6. The van der Waals surface area contributed by atoms with Crippen molar-refractivity contribution in [1.82, 2.24) is 20.2 Å². The van der Waals surface area contributed by atoms with Gasteiger partial charge in [0.15, 0.2) is 11.6 Å². The topological polar surface area (TPSA) is 108 Å². The van der Waals surface area contributed by atoms with Crippen LogP contribution in [0.25, 0.3) is 11.0 Å². The van der Waals surface area contributed by atoms with E-state index in [9.17, 15) is 14.4 Å². The number of rotatable bonds is 4. The SMILES string of the molecule is O=C(CN1C(=O)NC2(CCc3ccccc32)C1=O)Nc1nc2ccccc2nc1N1CCCC1. The van der Waals surface area contributed by atoms with Gasteiger partial charge < -0.3 is 15.5 Å². The number of urea groups is 1. The van der Waals surface area contributed by atoms with Gasteiger partial charge in [0.05, 0.1) is 11.0 Å². The second-order valence-electron chi connectivity index (χ2n) is 9.01. The molecule has 2 N–H and O–H groups in total. The van der Waals surface area contributed by atoms with Gasteiger partial charge in [-0.3, -0.25) is 14.5 Å². The van der Waals surface area contributed by atoms with E-state index in [4.69, 9.17) is 4.98 Å². The van der Waals surface area contributed by atoms with E-state index in [1.54, 1.807) is 0 Å². The van der Waals surface area contributed by atoms with Crippen LogP contribution in [-0.4, -0.2) is 52.3 Å². The number of hydrogen-bond donors (Lipinski definition) is 2. The second-order valence-corrected chi connectivity index (χ2v) is 9.01.